The summed E-state index contributed by atoms with van der Waals surface area (Å²) in [5.41, 5.74) is 1.50. The first-order valence-corrected chi connectivity index (χ1v) is 8.09. The largest absolute Gasteiger partial charge is 0.396 e. The molecule has 24 heavy (non-hydrogen) atoms. The van der Waals surface area contributed by atoms with Crippen molar-refractivity contribution in [3.63, 3.8) is 0 Å². The second-order valence-electron chi connectivity index (χ2n) is 6.21. The predicted octanol–water partition coefficient (Wildman–Crippen LogP) is 2.05. The number of hydrogen-bond acceptors (Lipinski definition) is 3. The molecule has 0 saturated carbocycles. The van der Waals surface area contributed by atoms with Gasteiger partial charge in [0, 0.05) is 43.8 Å². The number of hydrogen-bond donors (Lipinski definition) is 2. The minimum atomic E-state index is -0.251. The summed E-state index contributed by atoms with van der Waals surface area (Å²) in [5, 5.41) is 12.6. The zero-order valence-corrected chi connectivity index (χ0v) is 13.4. The molecule has 1 heterocycles. The van der Waals surface area contributed by atoms with Crippen molar-refractivity contribution >= 4 is 5.91 Å². The number of benzene rings is 2. The Morgan fingerprint density at radius 2 is 1.96 bits per heavy atom. The van der Waals surface area contributed by atoms with Crippen LogP contribution in [0, 0.1) is 11.7 Å². The number of nitrogens with zero attached hydrogens (tertiary/aromatic N) is 1. The first-order chi connectivity index (χ1) is 11.7. The molecule has 1 fully saturated rings. The van der Waals surface area contributed by atoms with Crippen molar-refractivity contribution in [1.82, 2.24) is 10.2 Å². The average Bonchev–Trinajstić information content (AvgIpc) is 2.97. The third kappa shape index (κ3) is 3.99. The summed E-state index contributed by atoms with van der Waals surface area (Å²) in [6.45, 7) is 1.93. The smallest absolute Gasteiger partial charge is 0.251 e. The van der Waals surface area contributed by atoms with Crippen LogP contribution in [0.4, 0.5) is 4.39 Å². The number of carbonyl (C=O) groups excluding carboxylic acids is 1. The van der Waals surface area contributed by atoms with E-state index in [0.717, 1.165) is 5.56 Å². The summed E-state index contributed by atoms with van der Waals surface area (Å²) < 4.78 is 13.3. The van der Waals surface area contributed by atoms with E-state index < -0.39 is 0 Å². The molecule has 0 unspecified atom stereocenters. The van der Waals surface area contributed by atoms with Gasteiger partial charge in [-0.25, -0.2) is 4.39 Å². The number of likely N-dealkylation sites (tertiary alicyclic amines) is 1. The third-order valence-corrected chi connectivity index (χ3v) is 4.40. The fourth-order valence-corrected chi connectivity index (χ4v) is 3.17. The molecule has 2 atom stereocenters. The minimum Gasteiger partial charge on any atom is -0.396 e. The highest BCUT2D eigenvalue weighted by Gasteiger charge is 2.33. The Bertz CT molecular complexity index is 693. The van der Waals surface area contributed by atoms with Crippen molar-refractivity contribution < 1.29 is 14.3 Å². The molecule has 2 aromatic rings. The van der Waals surface area contributed by atoms with Crippen molar-refractivity contribution in [2.75, 3.05) is 19.7 Å². The van der Waals surface area contributed by atoms with Crippen LogP contribution in [0.5, 0.6) is 0 Å². The molecule has 0 aromatic heterocycles. The van der Waals surface area contributed by atoms with Gasteiger partial charge < -0.3 is 10.4 Å². The molecule has 126 valence electrons. The molecule has 1 aliphatic heterocycles. The monoisotopic (exact) mass is 328 g/mol. The lowest BCUT2D eigenvalue weighted by Gasteiger charge is -2.18. The number of nitrogens with one attached hydrogen (secondary N) is 1. The number of halogens is 1. The Hall–Kier alpha value is -2.24. The fourth-order valence-electron chi connectivity index (χ4n) is 3.17. The Kier molecular flexibility index (Phi) is 5.23. The highest BCUT2D eigenvalue weighted by Crippen LogP contribution is 2.20. The Morgan fingerprint density at radius 1 is 1.17 bits per heavy atom. The van der Waals surface area contributed by atoms with Crippen LogP contribution in [0.3, 0.4) is 0 Å². The van der Waals surface area contributed by atoms with Crippen LogP contribution in [0.1, 0.15) is 15.9 Å². The highest BCUT2D eigenvalue weighted by molar-refractivity contribution is 5.94. The van der Waals surface area contributed by atoms with Gasteiger partial charge in [0.2, 0.25) is 0 Å². The quantitative estimate of drug-likeness (QED) is 0.883. The maximum Gasteiger partial charge on any atom is 0.251 e. The van der Waals surface area contributed by atoms with Crippen molar-refractivity contribution in [3.05, 3.63) is 71.5 Å². The molecular formula is C19H21FN2O2. The van der Waals surface area contributed by atoms with Gasteiger partial charge in [-0.1, -0.05) is 30.3 Å². The summed E-state index contributed by atoms with van der Waals surface area (Å²) in [7, 11) is 0. The lowest BCUT2D eigenvalue weighted by Crippen LogP contribution is -2.41. The number of rotatable bonds is 5. The number of amides is 1. The number of aliphatic hydroxyl groups excluding tert-OH is 1. The van der Waals surface area contributed by atoms with E-state index in [4.69, 9.17) is 0 Å². The first-order valence-electron chi connectivity index (χ1n) is 8.09. The fraction of sp³-hybridized carbons (Fsp3) is 0.316. The van der Waals surface area contributed by atoms with Crippen molar-refractivity contribution in [1.29, 1.82) is 0 Å². The molecule has 1 aliphatic rings. The standard InChI is InChI=1S/C19H21FN2O2/c20-17-8-4-5-14(9-17)10-22-11-16(13-23)18(12-22)21-19(24)15-6-2-1-3-7-15/h1-9,16,18,23H,10-13H2,(H,21,24)/t16-,18+/m0/s1. The first kappa shape index (κ1) is 16.6. The zero-order valence-electron chi connectivity index (χ0n) is 13.4. The normalized spacial score (nSPS) is 20.9. The third-order valence-electron chi connectivity index (χ3n) is 4.40. The highest BCUT2D eigenvalue weighted by atomic mass is 19.1. The Labute approximate surface area is 140 Å². The van der Waals surface area contributed by atoms with E-state index in [1.54, 1.807) is 18.2 Å². The van der Waals surface area contributed by atoms with E-state index >= 15 is 0 Å². The molecule has 1 saturated heterocycles. The summed E-state index contributed by atoms with van der Waals surface area (Å²) in [5.74, 6) is -0.405. The van der Waals surface area contributed by atoms with E-state index in [2.05, 4.69) is 10.2 Å². The lowest BCUT2D eigenvalue weighted by molar-refractivity contribution is 0.0921. The molecule has 4 nitrogen and oxygen atoms in total. The van der Waals surface area contributed by atoms with E-state index in [0.29, 0.717) is 25.2 Å². The van der Waals surface area contributed by atoms with Crippen LogP contribution in [0.15, 0.2) is 54.6 Å². The van der Waals surface area contributed by atoms with Gasteiger partial charge in [0.05, 0.1) is 0 Å². The maximum atomic E-state index is 13.3. The second-order valence-corrected chi connectivity index (χ2v) is 6.21. The van der Waals surface area contributed by atoms with Crippen molar-refractivity contribution in [2.24, 2.45) is 5.92 Å². The summed E-state index contributed by atoms with van der Waals surface area (Å²) >= 11 is 0. The van der Waals surface area contributed by atoms with Crippen LogP contribution in [0.2, 0.25) is 0 Å². The van der Waals surface area contributed by atoms with Crippen LogP contribution in [0.25, 0.3) is 0 Å². The van der Waals surface area contributed by atoms with Crippen molar-refractivity contribution in [2.45, 2.75) is 12.6 Å². The summed E-state index contributed by atoms with van der Waals surface area (Å²) in [6.07, 6.45) is 0. The second kappa shape index (κ2) is 7.55. The van der Waals surface area contributed by atoms with Gasteiger partial charge in [-0.05, 0) is 29.8 Å². The molecule has 0 aliphatic carbocycles. The van der Waals surface area contributed by atoms with E-state index in [9.17, 15) is 14.3 Å². The molecule has 0 spiro atoms. The van der Waals surface area contributed by atoms with Crippen molar-refractivity contribution in [3.8, 4) is 0 Å². The molecule has 5 heteroatoms. The zero-order chi connectivity index (χ0) is 16.9. The van der Waals surface area contributed by atoms with Gasteiger partial charge >= 0.3 is 0 Å². The van der Waals surface area contributed by atoms with E-state index in [1.165, 1.54) is 12.1 Å². The van der Waals surface area contributed by atoms with Gasteiger partial charge in [0.25, 0.3) is 5.91 Å². The Balaban J connectivity index is 1.63. The summed E-state index contributed by atoms with van der Waals surface area (Å²) in [6, 6.07) is 15.4. The number of aliphatic hydroxyl groups is 1. The van der Waals surface area contributed by atoms with E-state index in [1.807, 2.05) is 24.3 Å². The molecule has 2 N–H and O–H groups in total. The molecule has 1 amide bonds. The van der Waals surface area contributed by atoms with Gasteiger partial charge in [0.15, 0.2) is 0 Å². The predicted molar refractivity (Wildman–Crippen MR) is 89.9 cm³/mol. The average molecular weight is 328 g/mol. The van der Waals surface area contributed by atoms with Gasteiger partial charge in [-0.15, -0.1) is 0 Å². The van der Waals surface area contributed by atoms with Crippen LogP contribution >= 0.6 is 0 Å². The summed E-state index contributed by atoms with van der Waals surface area (Å²) in [4.78, 5) is 14.4. The minimum absolute atomic E-state index is 0.0133. The lowest BCUT2D eigenvalue weighted by atomic mass is 10.0. The molecule has 0 bridgehead atoms. The van der Waals surface area contributed by atoms with Crippen LogP contribution < -0.4 is 5.32 Å². The molecule has 0 radical (unpaired) electrons. The van der Waals surface area contributed by atoms with Crippen LogP contribution in [-0.4, -0.2) is 41.7 Å². The van der Waals surface area contributed by atoms with Gasteiger partial charge in [-0.2, -0.15) is 0 Å². The topological polar surface area (TPSA) is 52.6 Å². The molecule has 3 rings (SSSR count). The van der Waals surface area contributed by atoms with E-state index in [-0.39, 0.29) is 30.3 Å². The molecular weight excluding hydrogens is 307 g/mol. The van der Waals surface area contributed by atoms with Gasteiger partial charge in [0.1, 0.15) is 5.82 Å². The SMILES string of the molecule is O=C(N[C@@H]1CN(Cc2cccc(F)c2)C[C@H]1CO)c1ccccc1. The van der Waals surface area contributed by atoms with Crippen LogP contribution in [-0.2, 0) is 6.54 Å². The van der Waals surface area contributed by atoms with Gasteiger partial charge in [-0.3, -0.25) is 9.69 Å². The maximum absolute atomic E-state index is 13.3. The Morgan fingerprint density at radius 3 is 2.67 bits per heavy atom. The molecule has 2 aromatic carbocycles. The number of carbonyl (C=O) groups is 1.